The van der Waals surface area contributed by atoms with Crippen LogP contribution in [0.5, 0.6) is 0 Å². The molecule has 1 aromatic carbocycles. The molecule has 26 heavy (non-hydrogen) atoms. The van der Waals surface area contributed by atoms with Gasteiger partial charge in [-0.05, 0) is 31.9 Å². The van der Waals surface area contributed by atoms with Crippen molar-refractivity contribution in [2.45, 2.75) is 32.8 Å². The summed E-state index contributed by atoms with van der Waals surface area (Å²) in [5.41, 5.74) is -0.430. The van der Waals surface area contributed by atoms with Crippen molar-refractivity contribution in [2.24, 2.45) is 5.41 Å². The van der Waals surface area contributed by atoms with E-state index in [0.717, 1.165) is 11.1 Å². The molecule has 0 aliphatic carbocycles. The molecule has 138 valence electrons. The molecule has 0 spiro atoms. The van der Waals surface area contributed by atoms with E-state index in [1.807, 2.05) is 0 Å². The van der Waals surface area contributed by atoms with E-state index in [-0.39, 0.29) is 6.42 Å². The Hall–Kier alpha value is -2.80. The molecule has 0 aliphatic heterocycles. The van der Waals surface area contributed by atoms with Crippen LogP contribution in [0.1, 0.15) is 26.3 Å². The van der Waals surface area contributed by atoms with Crippen molar-refractivity contribution in [3.8, 4) is 11.1 Å². The van der Waals surface area contributed by atoms with Gasteiger partial charge in [0.1, 0.15) is 6.33 Å². The average Bonchev–Trinajstić information content (AvgIpc) is 2.58. The maximum absolute atomic E-state index is 11.8. The summed E-state index contributed by atoms with van der Waals surface area (Å²) in [5.74, 6) is -2.84. The second-order valence-electron chi connectivity index (χ2n) is 7.09. The van der Waals surface area contributed by atoms with Crippen LogP contribution in [-0.2, 0) is 20.7 Å². The lowest BCUT2D eigenvalue weighted by molar-refractivity contribution is -0.173. The highest BCUT2D eigenvalue weighted by Crippen LogP contribution is 2.28. The van der Waals surface area contributed by atoms with Gasteiger partial charge in [0, 0.05) is 24.4 Å². The Labute approximate surface area is 151 Å². The van der Waals surface area contributed by atoms with Gasteiger partial charge in [0.25, 0.3) is 0 Å². The summed E-state index contributed by atoms with van der Waals surface area (Å²) in [7, 11) is 0. The van der Waals surface area contributed by atoms with Crippen molar-refractivity contribution in [2.75, 3.05) is 6.61 Å². The Morgan fingerprint density at radius 2 is 1.50 bits per heavy atom. The van der Waals surface area contributed by atoms with Gasteiger partial charge >= 0.3 is 11.9 Å². The number of hydrogen-bond acceptors (Lipinski definition) is 5. The van der Waals surface area contributed by atoms with E-state index in [1.54, 1.807) is 57.4 Å². The number of carboxylic acid groups (broad SMARTS) is 2. The number of nitrogens with zero attached hydrogens (tertiary/aromatic N) is 2. The standard InChI is InChI=1S/C19H22N2O5/c1-18(2,3)26-11-19(16(22)23,17(24)25)8-13-4-6-14(7-5-13)15-9-20-12-21-10-15/h4-7,9-10,12H,8,11H2,1-3H3,(H,22,23)(H,24,25). The van der Waals surface area contributed by atoms with Crippen LogP contribution in [0.15, 0.2) is 43.0 Å². The van der Waals surface area contributed by atoms with Crippen molar-refractivity contribution in [1.82, 2.24) is 9.97 Å². The number of carbonyl (C=O) groups is 2. The van der Waals surface area contributed by atoms with E-state index in [1.165, 1.54) is 6.33 Å². The molecule has 0 amide bonds. The lowest BCUT2D eigenvalue weighted by atomic mass is 9.82. The molecule has 2 rings (SSSR count). The Kier molecular flexibility index (Phi) is 5.72. The second-order valence-corrected chi connectivity index (χ2v) is 7.09. The molecule has 0 aliphatic rings. The first-order valence-corrected chi connectivity index (χ1v) is 8.09. The van der Waals surface area contributed by atoms with Gasteiger partial charge < -0.3 is 14.9 Å². The van der Waals surface area contributed by atoms with E-state index < -0.39 is 29.6 Å². The number of hydrogen-bond donors (Lipinski definition) is 2. The van der Waals surface area contributed by atoms with Crippen molar-refractivity contribution >= 4 is 11.9 Å². The largest absolute Gasteiger partial charge is 0.480 e. The van der Waals surface area contributed by atoms with Gasteiger partial charge in [-0.25, -0.2) is 9.97 Å². The van der Waals surface area contributed by atoms with E-state index >= 15 is 0 Å². The predicted octanol–water partition coefficient (Wildman–Crippen LogP) is 2.66. The Balaban J connectivity index is 2.27. The molecular formula is C19H22N2O5. The third kappa shape index (κ3) is 4.64. The molecular weight excluding hydrogens is 336 g/mol. The average molecular weight is 358 g/mol. The van der Waals surface area contributed by atoms with Gasteiger partial charge in [0.15, 0.2) is 5.41 Å². The van der Waals surface area contributed by atoms with Gasteiger partial charge in [0.2, 0.25) is 0 Å². The van der Waals surface area contributed by atoms with Crippen LogP contribution in [0.2, 0.25) is 0 Å². The summed E-state index contributed by atoms with van der Waals surface area (Å²) >= 11 is 0. The smallest absolute Gasteiger partial charge is 0.323 e. The maximum Gasteiger partial charge on any atom is 0.323 e. The topological polar surface area (TPSA) is 110 Å². The fourth-order valence-electron chi connectivity index (χ4n) is 2.37. The fraction of sp³-hybridized carbons (Fsp3) is 0.368. The lowest BCUT2D eigenvalue weighted by Gasteiger charge is -2.29. The molecule has 0 radical (unpaired) electrons. The Morgan fingerprint density at radius 1 is 0.962 bits per heavy atom. The van der Waals surface area contributed by atoms with E-state index in [4.69, 9.17) is 4.74 Å². The summed E-state index contributed by atoms with van der Waals surface area (Å²) in [4.78, 5) is 31.5. The molecule has 7 heteroatoms. The fourth-order valence-corrected chi connectivity index (χ4v) is 2.37. The quantitative estimate of drug-likeness (QED) is 0.732. The van der Waals surface area contributed by atoms with Crippen molar-refractivity contribution in [3.63, 3.8) is 0 Å². The number of ether oxygens (including phenoxy) is 1. The van der Waals surface area contributed by atoms with Crippen LogP contribution in [-0.4, -0.2) is 44.3 Å². The van der Waals surface area contributed by atoms with Gasteiger partial charge in [0.05, 0.1) is 12.2 Å². The summed E-state index contributed by atoms with van der Waals surface area (Å²) in [6.45, 7) is 4.82. The number of benzene rings is 1. The summed E-state index contributed by atoms with van der Waals surface area (Å²) in [5, 5.41) is 19.2. The zero-order chi connectivity index (χ0) is 19.4. The van der Waals surface area contributed by atoms with Crippen LogP contribution in [0.4, 0.5) is 0 Å². The van der Waals surface area contributed by atoms with Crippen molar-refractivity contribution in [3.05, 3.63) is 48.5 Å². The van der Waals surface area contributed by atoms with Crippen LogP contribution in [0, 0.1) is 5.41 Å². The first-order valence-electron chi connectivity index (χ1n) is 8.09. The van der Waals surface area contributed by atoms with Gasteiger partial charge in [-0.15, -0.1) is 0 Å². The van der Waals surface area contributed by atoms with E-state index in [0.29, 0.717) is 5.56 Å². The molecule has 2 N–H and O–H groups in total. The van der Waals surface area contributed by atoms with E-state index in [2.05, 4.69) is 9.97 Å². The zero-order valence-electron chi connectivity index (χ0n) is 15.0. The molecule has 0 atom stereocenters. The van der Waals surface area contributed by atoms with Crippen LogP contribution >= 0.6 is 0 Å². The molecule has 1 aromatic heterocycles. The van der Waals surface area contributed by atoms with Crippen molar-refractivity contribution in [1.29, 1.82) is 0 Å². The Morgan fingerprint density at radius 3 is 1.96 bits per heavy atom. The highest BCUT2D eigenvalue weighted by molar-refractivity contribution is 5.98. The molecule has 1 heterocycles. The minimum absolute atomic E-state index is 0.181. The maximum atomic E-state index is 11.8. The summed E-state index contributed by atoms with van der Waals surface area (Å²) < 4.78 is 5.50. The van der Waals surface area contributed by atoms with Crippen molar-refractivity contribution < 1.29 is 24.5 Å². The number of aliphatic carboxylic acids is 2. The minimum Gasteiger partial charge on any atom is -0.480 e. The monoisotopic (exact) mass is 358 g/mol. The van der Waals surface area contributed by atoms with Crippen LogP contribution in [0.3, 0.4) is 0 Å². The second kappa shape index (κ2) is 7.61. The lowest BCUT2D eigenvalue weighted by Crippen LogP contribution is -2.47. The molecule has 0 unspecified atom stereocenters. The molecule has 0 saturated heterocycles. The first kappa shape index (κ1) is 19.5. The molecule has 0 bridgehead atoms. The minimum atomic E-state index is -2.05. The molecule has 2 aromatic rings. The number of aromatic nitrogens is 2. The normalized spacial score (nSPS) is 12.0. The van der Waals surface area contributed by atoms with Crippen LogP contribution in [0.25, 0.3) is 11.1 Å². The summed E-state index contributed by atoms with van der Waals surface area (Å²) in [6.07, 6.45) is 4.58. The summed E-state index contributed by atoms with van der Waals surface area (Å²) in [6, 6.07) is 6.99. The number of carboxylic acids is 2. The molecule has 0 fully saturated rings. The molecule has 0 saturated carbocycles. The Bertz CT molecular complexity index is 753. The SMILES string of the molecule is CC(C)(C)OCC(Cc1ccc(-c2cncnc2)cc1)(C(=O)O)C(=O)O. The number of rotatable bonds is 7. The van der Waals surface area contributed by atoms with Gasteiger partial charge in [-0.3, -0.25) is 9.59 Å². The van der Waals surface area contributed by atoms with Gasteiger partial charge in [-0.1, -0.05) is 24.3 Å². The highest BCUT2D eigenvalue weighted by atomic mass is 16.5. The van der Waals surface area contributed by atoms with E-state index in [9.17, 15) is 19.8 Å². The van der Waals surface area contributed by atoms with Gasteiger partial charge in [-0.2, -0.15) is 0 Å². The predicted molar refractivity (Wildman–Crippen MR) is 94.6 cm³/mol. The third-order valence-corrected chi connectivity index (χ3v) is 3.92. The zero-order valence-corrected chi connectivity index (χ0v) is 15.0. The third-order valence-electron chi connectivity index (χ3n) is 3.92. The van der Waals surface area contributed by atoms with Crippen LogP contribution < -0.4 is 0 Å². The first-order chi connectivity index (χ1) is 12.1. The highest BCUT2D eigenvalue weighted by Gasteiger charge is 2.48. The molecule has 7 nitrogen and oxygen atoms in total.